The highest BCUT2D eigenvalue weighted by molar-refractivity contribution is 5.82. The summed E-state index contributed by atoms with van der Waals surface area (Å²) in [5.74, 6) is -0.479. The highest BCUT2D eigenvalue weighted by Gasteiger charge is 2.43. The number of carbonyl (C=O) groups excluding carboxylic acids is 1. The van der Waals surface area contributed by atoms with Crippen LogP contribution in [0.3, 0.4) is 0 Å². The summed E-state index contributed by atoms with van der Waals surface area (Å²) in [5.41, 5.74) is 2.85. The Labute approximate surface area is 203 Å². The van der Waals surface area contributed by atoms with E-state index in [1.54, 1.807) is 18.0 Å². The van der Waals surface area contributed by atoms with Crippen molar-refractivity contribution in [3.8, 4) is 0 Å². The van der Waals surface area contributed by atoms with E-state index in [-0.39, 0.29) is 11.9 Å². The van der Waals surface area contributed by atoms with Crippen molar-refractivity contribution >= 4 is 17.3 Å². The molecule has 1 fully saturated rings. The van der Waals surface area contributed by atoms with Crippen LogP contribution in [0.1, 0.15) is 16.7 Å². The lowest BCUT2D eigenvalue weighted by molar-refractivity contribution is -0.137. The third kappa shape index (κ3) is 4.72. The van der Waals surface area contributed by atoms with E-state index in [2.05, 4.69) is 21.9 Å². The number of rotatable bonds is 4. The molecule has 0 bridgehead atoms. The van der Waals surface area contributed by atoms with Crippen LogP contribution < -0.4 is 9.80 Å². The van der Waals surface area contributed by atoms with Gasteiger partial charge in [-0.25, -0.2) is 0 Å². The van der Waals surface area contributed by atoms with Gasteiger partial charge in [0.2, 0.25) is 5.91 Å². The first kappa shape index (κ1) is 23.3. The Kier molecular flexibility index (Phi) is 6.17. The van der Waals surface area contributed by atoms with Crippen molar-refractivity contribution in [3.05, 3.63) is 95.6 Å². The topological polar surface area (TPSA) is 26.8 Å². The number of hydrogen-bond donors (Lipinski definition) is 0. The average Bonchev–Trinajstić information content (AvgIpc) is 2.87. The molecule has 1 saturated heterocycles. The molecule has 0 unspecified atom stereocenters. The predicted octanol–water partition coefficient (Wildman–Crippen LogP) is 5.23. The highest BCUT2D eigenvalue weighted by Crippen LogP contribution is 2.40. The van der Waals surface area contributed by atoms with Gasteiger partial charge in [-0.05, 0) is 47.9 Å². The molecule has 0 radical (unpaired) electrons. The molecular weight excluding hydrogens is 451 g/mol. The molecule has 7 heteroatoms. The summed E-state index contributed by atoms with van der Waals surface area (Å²) in [6.45, 7) is 2.48. The molecule has 0 N–H and O–H groups in total. The van der Waals surface area contributed by atoms with E-state index >= 15 is 0 Å². The molecule has 0 saturated carbocycles. The van der Waals surface area contributed by atoms with Gasteiger partial charge in [-0.2, -0.15) is 13.2 Å². The minimum Gasteiger partial charge on any atom is -0.368 e. The van der Waals surface area contributed by atoms with Crippen molar-refractivity contribution in [1.29, 1.82) is 0 Å². The molecule has 182 valence electrons. The summed E-state index contributed by atoms with van der Waals surface area (Å²) >= 11 is 0. The zero-order valence-electron chi connectivity index (χ0n) is 19.6. The zero-order valence-corrected chi connectivity index (χ0v) is 19.6. The zero-order chi connectivity index (χ0) is 24.6. The molecule has 0 aromatic heterocycles. The van der Waals surface area contributed by atoms with Crippen LogP contribution in [0.4, 0.5) is 24.5 Å². The number of para-hydroxylation sites is 1. The second-order valence-corrected chi connectivity index (χ2v) is 9.37. The molecule has 2 heterocycles. The van der Waals surface area contributed by atoms with E-state index < -0.39 is 17.7 Å². The first-order chi connectivity index (χ1) is 16.8. The van der Waals surface area contributed by atoms with Crippen LogP contribution in [-0.4, -0.2) is 43.5 Å². The Balaban J connectivity index is 1.47. The molecule has 4 nitrogen and oxygen atoms in total. The lowest BCUT2D eigenvalue weighted by atomic mass is 9.82. The van der Waals surface area contributed by atoms with Gasteiger partial charge in [-0.3, -0.25) is 4.79 Å². The summed E-state index contributed by atoms with van der Waals surface area (Å²) in [4.78, 5) is 19.9. The minimum absolute atomic E-state index is 0.0400. The molecule has 2 aliphatic rings. The lowest BCUT2D eigenvalue weighted by Gasteiger charge is -2.50. The van der Waals surface area contributed by atoms with Crippen LogP contribution in [0.2, 0.25) is 0 Å². The van der Waals surface area contributed by atoms with Crippen molar-refractivity contribution < 1.29 is 18.0 Å². The molecule has 0 aliphatic carbocycles. The molecule has 0 spiro atoms. The van der Waals surface area contributed by atoms with Crippen molar-refractivity contribution in [2.75, 3.05) is 36.5 Å². The normalized spacial score (nSPS) is 19.7. The third-order valence-electron chi connectivity index (χ3n) is 7.12. The number of anilines is 2. The average molecular weight is 480 g/mol. The second-order valence-electron chi connectivity index (χ2n) is 9.37. The fourth-order valence-electron chi connectivity index (χ4n) is 5.38. The lowest BCUT2D eigenvalue weighted by Crippen LogP contribution is -2.61. The van der Waals surface area contributed by atoms with Crippen LogP contribution in [0.5, 0.6) is 0 Å². The molecule has 2 aliphatic heterocycles. The van der Waals surface area contributed by atoms with E-state index in [1.807, 2.05) is 48.5 Å². The van der Waals surface area contributed by atoms with E-state index in [1.165, 1.54) is 6.07 Å². The number of benzene rings is 3. The number of hydrogen-bond acceptors (Lipinski definition) is 3. The van der Waals surface area contributed by atoms with Gasteiger partial charge < -0.3 is 14.7 Å². The van der Waals surface area contributed by atoms with Crippen molar-refractivity contribution in [3.63, 3.8) is 0 Å². The van der Waals surface area contributed by atoms with Gasteiger partial charge in [0.25, 0.3) is 0 Å². The number of nitrogens with zero attached hydrogens (tertiary/aromatic N) is 3. The fraction of sp³-hybridized carbons (Fsp3) is 0.321. The summed E-state index contributed by atoms with van der Waals surface area (Å²) in [5, 5.41) is 0. The monoisotopic (exact) mass is 479 g/mol. The predicted molar refractivity (Wildman–Crippen MR) is 131 cm³/mol. The largest absolute Gasteiger partial charge is 0.416 e. The van der Waals surface area contributed by atoms with Crippen molar-refractivity contribution in [2.24, 2.45) is 5.92 Å². The number of amides is 1. The highest BCUT2D eigenvalue weighted by atomic mass is 19.4. The maximum atomic E-state index is 13.8. The molecule has 5 rings (SSSR count). The van der Waals surface area contributed by atoms with Crippen molar-refractivity contribution in [2.45, 2.75) is 25.2 Å². The Morgan fingerprint density at radius 1 is 0.971 bits per heavy atom. The number of alkyl halides is 3. The molecule has 3 aromatic rings. The fourth-order valence-corrected chi connectivity index (χ4v) is 5.38. The van der Waals surface area contributed by atoms with Gasteiger partial charge in [0.05, 0.1) is 17.5 Å². The summed E-state index contributed by atoms with van der Waals surface area (Å²) in [6.07, 6.45) is -4.12. The smallest absolute Gasteiger partial charge is 0.368 e. The summed E-state index contributed by atoms with van der Waals surface area (Å²) in [7, 11) is 1.78. The van der Waals surface area contributed by atoms with Gasteiger partial charge in [-0.1, -0.05) is 48.5 Å². The second kappa shape index (κ2) is 9.29. The van der Waals surface area contributed by atoms with Crippen LogP contribution >= 0.6 is 0 Å². The van der Waals surface area contributed by atoms with Gasteiger partial charge in [-0.15, -0.1) is 0 Å². The molecule has 3 aromatic carbocycles. The van der Waals surface area contributed by atoms with Crippen LogP contribution in [0.25, 0.3) is 0 Å². The number of fused-ring (bicyclic) bond motifs is 3. The SMILES string of the molecule is CN(Cc1ccccc1)C(=O)[C@H]1Cc2cc(C(F)(F)F)ccc2N2CCN(c3ccccc3)C[C@H]12. The Bertz CT molecular complexity index is 1180. The molecule has 35 heavy (non-hydrogen) atoms. The Morgan fingerprint density at radius 2 is 1.66 bits per heavy atom. The Hall–Kier alpha value is -3.48. The number of piperazine rings is 1. The van der Waals surface area contributed by atoms with Gasteiger partial charge in [0, 0.05) is 44.6 Å². The van der Waals surface area contributed by atoms with Crippen molar-refractivity contribution in [1.82, 2.24) is 4.90 Å². The molecule has 2 atom stereocenters. The maximum Gasteiger partial charge on any atom is 0.416 e. The molecular formula is C28H28F3N3O. The Morgan fingerprint density at radius 3 is 2.34 bits per heavy atom. The minimum atomic E-state index is -4.42. The van der Waals surface area contributed by atoms with Gasteiger partial charge in [0.15, 0.2) is 0 Å². The van der Waals surface area contributed by atoms with E-state index in [9.17, 15) is 18.0 Å². The van der Waals surface area contributed by atoms with E-state index in [0.29, 0.717) is 31.6 Å². The standard InChI is InChI=1S/C28H28F3N3O/c1-32(18-20-8-4-2-5-9-20)27(35)24-17-21-16-22(28(29,30)31)12-13-25(21)34-15-14-33(19-26(24)34)23-10-6-3-7-11-23/h2-13,16,24,26H,14-15,17-19H2,1H3/t24-,26+/m0/s1. The summed E-state index contributed by atoms with van der Waals surface area (Å²) in [6, 6.07) is 23.7. The van der Waals surface area contributed by atoms with Crippen LogP contribution in [0.15, 0.2) is 78.9 Å². The number of carbonyl (C=O) groups is 1. The summed E-state index contributed by atoms with van der Waals surface area (Å²) < 4.78 is 40.4. The van der Waals surface area contributed by atoms with E-state index in [0.717, 1.165) is 29.5 Å². The quantitative estimate of drug-likeness (QED) is 0.513. The van der Waals surface area contributed by atoms with E-state index in [4.69, 9.17) is 0 Å². The van der Waals surface area contributed by atoms with Crippen LogP contribution in [-0.2, 0) is 23.9 Å². The molecule has 1 amide bonds. The first-order valence-electron chi connectivity index (χ1n) is 11.9. The first-order valence-corrected chi connectivity index (χ1v) is 11.9. The van der Waals surface area contributed by atoms with Gasteiger partial charge in [0.1, 0.15) is 0 Å². The number of halogens is 3. The maximum absolute atomic E-state index is 13.8. The third-order valence-corrected chi connectivity index (χ3v) is 7.12. The van der Waals surface area contributed by atoms with Crippen LogP contribution in [0, 0.1) is 5.92 Å². The van der Waals surface area contributed by atoms with Gasteiger partial charge >= 0.3 is 6.18 Å².